The summed E-state index contributed by atoms with van der Waals surface area (Å²) in [6.07, 6.45) is 8.98. The van der Waals surface area contributed by atoms with Crippen LogP contribution in [0.25, 0.3) is 0 Å². The first kappa shape index (κ1) is 17.6. The zero-order chi connectivity index (χ0) is 13.1. The summed E-state index contributed by atoms with van der Waals surface area (Å²) < 4.78 is 0. The molecule has 0 unspecified atom stereocenters. The van der Waals surface area contributed by atoms with Gasteiger partial charge in [-0.05, 0) is 12.5 Å². The highest BCUT2D eigenvalue weighted by Gasteiger charge is 2.23. The summed E-state index contributed by atoms with van der Waals surface area (Å²) in [5, 5.41) is 8.45. The Bertz CT molecular complexity index is 207. The normalized spacial score (nSPS) is 11.7. The van der Waals surface area contributed by atoms with Crippen molar-refractivity contribution in [3.8, 4) is 0 Å². The molecule has 0 saturated carbocycles. The van der Waals surface area contributed by atoms with Gasteiger partial charge in [0.25, 0.3) is 0 Å². The number of aliphatic carboxylic acids is 1. The van der Waals surface area contributed by atoms with E-state index < -0.39 is 12.0 Å². The molecule has 0 spiro atoms. The first-order valence-corrected chi connectivity index (χ1v) is 11.4. The molecule has 102 valence electrons. The third kappa shape index (κ3) is 16.6. The number of rotatable bonds is 11. The van der Waals surface area contributed by atoms with Gasteiger partial charge in [-0.2, -0.15) is 0 Å². The number of carbonyl (C=O) groups is 1. The smallest absolute Gasteiger partial charge is 0.341 e. The Balaban J connectivity index is 3.06. The molecule has 0 aromatic heterocycles. The van der Waals surface area contributed by atoms with Crippen LogP contribution in [0.2, 0.25) is 6.04 Å². The van der Waals surface area contributed by atoms with Crippen molar-refractivity contribution < 1.29 is 9.90 Å². The summed E-state index contributed by atoms with van der Waals surface area (Å²) >= 11 is 17.3. The maximum atomic E-state index is 10.3. The fourth-order valence-corrected chi connectivity index (χ4v) is 3.52. The second kappa shape index (κ2) is 10.5. The number of halogens is 3. The summed E-state index contributed by atoms with van der Waals surface area (Å²) in [5.74, 6) is -0.694. The van der Waals surface area contributed by atoms with Gasteiger partial charge in [-0.3, -0.25) is 4.79 Å². The Morgan fingerprint density at radius 2 is 1.24 bits per heavy atom. The number of hydrogen-bond donors (Lipinski definition) is 1. The van der Waals surface area contributed by atoms with E-state index in [1.165, 1.54) is 19.3 Å². The van der Waals surface area contributed by atoms with Crippen molar-refractivity contribution in [2.45, 2.75) is 63.8 Å². The molecule has 6 heteroatoms. The molecule has 0 saturated heterocycles. The van der Waals surface area contributed by atoms with E-state index in [4.69, 9.17) is 38.3 Å². The molecule has 0 rings (SSSR count). The quantitative estimate of drug-likeness (QED) is 0.321. The highest BCUT2D eigenvalue weighted by molar-refractivity contribution is 7.64. The third-order valence-corrected chi connectivity index (χ3v) is 5.22. The Morgan fingerprint density at radius 3 is 1.65 bits per heavy atom. The van der Waals surface area contributed by atoms with Gasteiger partial charge < -0.3 is 5.11 Å². The number of hydrogen-bond acceptors (Lipinski definition) is 1. The SMILES string of the molecule is O=C(O)CCCCCCCCCC[Si](Cl)(Cl)Cl. The minimum atomic E-state index is -2.39. The van der Waals surface area contributed by atoms with Gasteiger partial charge >= 0.3 is 12.0 Å². The van der Waals surface area contributed by atoms with Gasteiger partial charge in [0.05, 0.1) is 0 Å². The van der Waals surface area contributed by atoms with Gasteiger partial charge in [-0.25, -0.2) is 0 Å². The van der Waals surface area contributed by atoms with Crippen LogP contribution in [0.3, 0.4) is 0 Å². The van der Waals surface area contributed by atoms with Crippen LogP contribution in [-0.2, 0) is 4.79 Å². The topological polar surface area (TPSA) is 37.3 Å². The van der Waals surface area contributed by atoms with Crippen LogP contribution in [0.4, 0.5) is 0 Å². The Hall–Kier alpha value is 0.557. The van der Waals surface area contributed by atoms with E-state index in [0.29, 0.717) is 6.42 Å². The molecule has 0 atom stereocenters. The maximum absolute atomic E-state index is 10.3. The lowest BCUT2D eigenvalue weighted by Gasteiger charge is -2.06. The molecule has 0 aromatic carbocycles. The molecule has 0 aromatic rings. The molecule has 0 aliphatic rings. The second-order valence-corrected chi connectivity index (χ2v) is 13.6. The number of carboxylic acids is 1. The molecule has 17 heavy (non-hydrogen) atoms. The number of unbranched alkanes of at least 4 members (excludes halogenated alkanes) is 7. The van der Waals surface area contributed by atoms with E-state index in [1.54, 1.807) is 0 Å². The predicted molar refractivity (Wildman–Crippen MR) is 77.3 cm³/mol. The molecule has 0 bridgehead atoms. The van der Waals surface area contributed by atoms with E-state index in [1.807, 2.05) is 0 Å². The van der Waals surface area contributed by atoms with Crippen LogP contribution in [0, 0.1) is 0 Å². The van der Waals surface area contributed by atoms with Gasteiger partial charge in [0.2, 0.25) is 0 Å². The van der Waals surface area contributed by atoms with Crippen LogP contribution in [0.5, 0.6) is 0 Å². The van der Waals surface area contributed by atoms with E-state index in [2.05, 4.69) is 0 Å². The molecule has 2 nitrogen and oxygen atoms in total. The fourth-order valence-electron chi connectivity index (χ4n) is 1.66. The van der Waals surface area contributed by atoms with Crippen LogP contribution in [0.15, 0.2) is 0 Å². The lowest BCUT2D eigenvalue weighted by Crippen LogP contribution is -2.07. The van der Waals surface area contributed by atoms with Gasteiger partial charge in [-0.1, -0.05) is 44.9 Å². The summed E-state index contributed by atoms with van der Waals surface area (Å²) in [6, 6.07) is -1.63. The van der Waals surface area contributed by atoms with Gasteiger partial charge in [0.1, 0.15) is 0 Å². The summed E-state index contributed by atoms with van der Waals surface area (Å²) in [6.45, 7) is 0. The van der Waals surface area contributed by atoms with E-state index >= 15 is 0 Å². The predicted octanol–water partition coefficient (Wildman–Crippen LogP) is 5.24. The second-order valence-electron chi connectivity index (χ2n) is 4.34. The molecule has 0 amide bonds. The standard InChI is InChI=1S/C11H21Cl3O2Si/c12-17(13,14)10-8-6-4-2-1-3-5-7-9-11(15)16/h1-10H2,(H,15,16). The van der Waals surface area contributed by atoms with Gasteiger partial charge in [-0.15, -0.1) is 33.2 Å². The molecule has 0 radical (unpaired) electrons. The van der Waals surface area contributed by atoms with Crippen molar-refractivity contribution in [1.82, 2.24) is 0 Å². The molecule has 1 N–H and O–H groups in total. The summed E-state index contributed by atoms with van der Waals surface area (Å²) in [4.78, 5) is 10.3. The van der Waals surface area contributed by atoms with E-state index in [0.717, 1.165) is 38.1 Å². The first-order chi connectivity index (χ1) is 7.92. The Morgan fingerprint density at radius 1 is 0.824 bits per heavy atom. The average molecular weight is 320 g/mol. The zero-order valence-electron chi connectivity index (χ0n) is 10.1. The minimum absolute atomic E-state index is 0.299. The monoisotopic (exact) mass is 318 g/mol. The number of carboxylic acid groups (broad SMARTS) is 1. The molecular weight excluding hydrogens is 299 g/mol. The minimum Gasteiger partial charge on any atom is -0.481 e. The fraction of sp³-hybridized carbons (Fsp3) is 0.909. The van der Waals surface area contributed by atoms with Crippen LogP contribution in [0.1, 0.15) is 57.8 Å². The average Bonchev–Trinajstić information content (AvgIpc) is 2.18. The summed E-state index contributed by atoms with van der Waals surface area (Å²) in [5.41, 5.74) is 0. The largest absolute Gasteiger partial charge is 0.481 e. The van der Waals surface area contributed by atoms with Crippen molar-refractivity contribution >= 4 is 45.2 Å². The Labute approximate surface area is 119 Å². The molecule has 0 aliphatic carbocycles. The third-order valence-electron chi connectivity index (χ3n) is 2.60. The first-order valence-electron chi connectivity index (χ1n) is 6.20. The van der Waals surface area contributed by atoms with Crippen molar-refractivity contribution in [3.05, 3.63) is 0 Å². The van der Waals surface area contributed by atoms with Crippen LogP contribution < -0.4 is 0 Å². The van der Waals surface area contributed by atoms with Crippen molar-refractivity contribution in [3.63, 3.8) is 0 Å². The lowest BCUT2D eigenvalue weighted by molar-refractivity contribution is -0.137. The molecular formula is C11H21Cl3O2Si. The van der Waals surface area contributed by atoms with Crippen molar-refractivity contribution in [1.29, 1.82) is 0 Å². The molecule has 0 aliphatic heterocycles. The van der Waals surface area contributed by atoms with Crippen molar-refractivity contribution in [2.24, 2.45) is 0 Å². The maximum Gasteiger partial charge on any atom is 0.341 e. The van der Waals surface area contributed by atoms with Crippen LogP contribution in [-0.4, -0.2) is 17.1 Å². The van der Waals surface area contributed by atoms with Gasteiger partial charge in [0.15, 0.2) is 0 Å². The highest BCUT2D eigenvalue weighted by Crippen LogP contribution is 2.27. The summed E-state index contributed by atoms with van der Waals surface area (Å²) in [7, 11) is 0. The molecule has 0 heterocycles. The Kier molecular flexibility index (Phi) is 10.8. The van der Waals surface area contributed by atoms with Crippen molar-refractivity contribution in [2.75, 3.05) is 0 Å². The van der Waals surface area contributed by atoms with Gasteiger partial charge in [0, 0.05) is 6.42 Å². The van der Waals surface area contributed by atoms with E-state index in [-0.39, 0.29) is 0 Å². The molecule has 0 fully saturated rings. The van der Waals surface area contributed by atoms with Crippen LogP contribution >= 0.6 is 33.2 Å². The lowest BCUT2D eigenvalue weighted by atomic mass is 10.1. The van der Waals surface area contributed by atoms with E-state index in [9.17, 15) is 4.79 Å². The zero-order valence-corrected chi connectivity index (χ0v) is 13.3. The highest BCUT2D eigenvalue weighted by atomic mass is 35.8.